The third kappa shape index (κ3) is 4.13. The van der Waals surface area contributed by atoms with Gasteiger partial charge in [0, 0.05) is 11.8 Å². The summed E-state index contributed by atoms with van der Waals surface area (Å²) in [7, 11) is -2.15. The predicted octanol–water partition coefficient (Wildman–Crippen LogP) is 1.66. The van der Waals surface area contributed by atoms with Crippen LogP contribution in [0.15, 0.2) is 24.3 Å². The second-order valence-corrected chi connectivity index (χ2v) is 7.14. The predicted molar refractivity (Wildman–Crippen MR) is 78.6 cm³/mol. The Bertz CT molecular complexity index is 846. The minimum Gasteiger partial charge on any atom is -0.464 e. The lowest BCUT2D eigenvalue weighted by molar-refractivity contribution is 0.0593. The van der Waals surface area contributed by atoms with E-state index >= 15 is 0 Å². The Morgan fingerprint density at radius 2 is 2.00 bits per heavy atom. The molecule has 0 fully saturated rings. The standard InChI is InChI=1S/C14H14F2N2O4S/c1-22-14(19)12-8-13(10-7-9(15)3-4-11(10)16)18(17-12)5-6-23(2,20)21/h3-4,7-8H,5-6H2,1-2H3. The zero-order valence-corrected chi connectivity index (χ0v) is 13.2. The molecule has 1 aromatic carbocycles. The fraction of sp³-hybridized carbons (Fsp3) is 0.286. The molecular formula is C14H14F2N2O4S. The number of halogens is 2. The number of esters is 1. The van der Waals surface area contributed by atoms with Crippen LogP contribution in [-0.2, 0) is 21.1 Å². The number of carbonyl (C=O) groups is 1. The van der Waals surface area contributed by atoms with Crippen LogP contribution < -0.4 is 0 Å². The zero-order chi connectivity index (χ0) is 17.2. The zero-order valence-electron chi connectivity index (χ0n) is 12.4. The molecule has 124 valence electrons. The number of benzene rings is 1. The summed E-state index contributed by atoms with van der Waals surface area (Å²) in [5, 5.41) is 3.92. The maximum Gasteiger partial charge on any atom is 0.358 e. The van der Waals surface area contributed by atoms with E-state index in [1.807, 2.05) is 0 Å². The average molecular weight is 344 g/mol. The number of nitrogens with zero attached hydrogens (tertiary/aromatic N) is 2. The number of aryl methyl sites for hydroxylation is 1. The average Bonchev–Trinajstić information content (AvgIpc) is 2.90. The third-order valence-corrected chi connectivity index (χ3v) is 3.98. The molecule has 0 amide bonds. The molecule has 2 rings (SSSR count). The van der Waals surface area contributed by atoms with Gasteiger partial charge in [-0.1, -0.05) is 0 Å². The van der Waals surface area contributed by atoms with Crippen LogP contribution in [0.25, 0.3) is 11.3 Å². The van der Waals surface area contributed by atoms with Gasteiger partial charge in [-0.2, -0.15) is 5.10 Å². The van der Waals surface area contributed by atoms with E-state index in [2.05, 4.69) is 9.84 Å². The van der Waals surface area contributed by atoms with Crippen molar-refractivity contribution >= 4 is 15.8 Å². The first-order chi connectivity index (χ1) is 10.7. The summed E-state index contributed by atoms with van der Waals surface area (Å²) in [4.78, 5) is 11.6. The molecule has 0 saturated heterocycles. The second-order valence-electron chi connectivity index (χ2n) is 4.88. The van der Waals surface area contributed by atoms with Gasteiger partial charge in [0.05, 0.1) is 25.1 Å². The van der Waals surface area contributed by atoms with E-state index in [1.54, 1.807) is 0 Å². The summed E-state index contributed by atoms with van der Waals surface area (Å²) in [6, 6.07) is 4.07. The molecule has 1 heterocycles. The van der Waals surface area contributed by atoms with E-state index in [0.717, 1.165) is 36.2 Å². The highest BCUT2D eigenvalue weighted by atomic mass is 32.2. The number of ether oxygens (including phenoxy) is 1. The number of carbonyl (C=O) groups excluding carboxylic acids is 1. The molecular weight excluding hydrogens is 330 g/mol. The molecule has 6 nitrogen and oxygen atoms in total. The highest BCUT2D eigenvalue weighted by Gasteiger charge is 2.19. The fourth-order valence-electron chi connectivity index (χ4n) is 1.95. The molecule has 9 heteroatoms. The Balaban J connectivity index is 2.53. The van der Waals surface area contributed by atoms with Crippen molar-refractivity contribution in [3.63, 3.8) is 0 Å². The van der Waals surface area contributed by atoms with E-state index in [1.165, 1.54) is 6.07 Å². The second kappa shape index (κ2) is 6.45. The summed E-state index contributed by atoms with van der Waals surface area (Å²) >= 11 is 0. The third-order valence-electron chi connectivity index (χ3n) is 3.05. The largest absolute Gasteiger partial charge is 0.464 e. The van der Waals surface area contributed by atoms with Gasteiger partial charge in [-0.25, -0.2) is 22.0 Å². The Kier molecular flexibility index (Phi) is 4.79. The normalized spacial score (nSPS) is 11.5. The van der Waals surface area contributed by atoms with Crippen LogP contribution in [0.3, 0.4) is 0 Å². The van der Waals surface area contributed by atoms with Crippen LogP contribution in [-0.4, -0.2) is 43.3 Å². The molecule has 0 aliphatic rings. The van der Waals surface area contributed by atoms with Gasteiger partial charge in [0.1, 0.15) is 21.5 Å². The highest BCUT2D eigenvalue weighted by Crippen LogP contribution is 2.25. The van der Waals surface area contributed by atoms with Crippen LogP contribution in [0, 0.1) is 11.6 Å². The van der Waals surface area contributed by atoms with Gasteiger partial charge in [0.15, 0.2) is 5.69 Å². The van der Waals surface area contributed by atoms with Crippen molar-refractivity contribution in [3.05, 3.63) is 41.6 Å². The van der Waals surface area contributed by atoms with E-state index in [-0.39, 0.29) is 29.2 Å². The van der Waals surface area contributed by atoms with Gasteiger partial charge in [-0.05, 0) is 24.3 Å². The number of hydrogen-bond acceptors (Lipinski definition) is 5. The van der Waals surface area contributed by atoms with Crippen molar-refractivity contribution < 1.29 is 26.7 Å². The molecule has 0 bridgehead atoms. The van der Waals surface area contributed by atoms with Gasteiger partial charge < -0.3 is 4.74 Å². The van der Waals surface area contributed by atoms with Gasteiger partial charge in [0.25, 0.3) is 0 Å². The fourth-order valence-corrected chi connectivity index (χ4v) is 2.46. The van der Waals surface area contributed by atoms with Gasteiger partial charge in [0.2, 0.25) is 0 Å². The minimum absolute atomic E-state index is 0.0889. The number of hydrogen-bond donors (Lipinski definition) is 0. The van der Waals surface area contributed by atoms with Gasteiger partial charge in [-0.15, -0.1) is 0 Å². The maximum atomic E-state index is 14.0. The summed E-state index contributed by atoms with van der Waals surface area (Å²) in [5.74, 6) is -2.42. The van der Waals surface area contributed by atoms with Crippen LogP contribution in [0.2, 0.25) is 0 Å². The van der Waals surface area contributed by atoms with Crippen LogP contribution in [0.4, 0.5) is 8.78 Å². The molecule has 0 aliphatic carbocycles. The Labute approximate surface area is 131 Å². The number of sulfone groups is 1. The van der Waals surface area contributed by atoms with Crippen molar-refractivity contribution in [2.75, 3.05) is 19.1 Å². The summed E-state index contributed by atoms with van der Waals surface area (Å²) < 4.78 is 55.6. The SMILES string of the molecule is COC(=O)c1cc(-c2cc(F)ccc2F)n(CCS(C)(=O)=O)n1. The number of rotatable bonds is 5. The molecule has 0 unspecified atom stereocenters. The topological polar surface area (TPSA) is 78.3 Å². The molecule has 2 aromatic rings. The van der Waals surface area contributed by atoms with Crippen molar-refractivity contribution in [1.82, 2.24) is 9.78 Å². The van der Waals surface area contributed by atoms with Crippen molar-refractivity contribution in [2.24, 2.45) is 0 Å². The lowest BCUT2D eigenvalue weighted by Gasteiger charge is -2.08. The monoisotopic (exact) mass is 344 g/mol. The highest BCUT2D eigenvalue weighted by molar-refractivity contribution is 7.90. The summed E-state index contributed by atoms with van der Waals surface area (Å²) in [5.41, 5.74) is -0.160. The summed E-state index contributed by atoms with van der Waals surface area (Å²) in [6.45, 7) is -0.110. The van der Waals surface area contributed by atoms with Crippen LogP contribution >= 0.6 is 0 Å². The molecule has 0 aliphatic heterocycles. The molecule has 0 saturated carbocycles. The quantitative estimate of drug-likeness (QED) is 0.771. The molecule has 0 atom stereocenters. The molecule has 0 N–H and O–H groups in total. The lowest BCUT2D eigenvalue weighted by Crippen LogP contribution is -2.14. The smallest absolute Gasteiger partial charge is 0.358 e. The number of methoxy groups -OCH3 is 1. The van der Waals surface area contributed by atoms with Gasteiger partial charge >= 0.3 is 5.97 Å². The van der Waals surface area contributed by atoms with E-state index < -0.39 is 27.4 Å². The van der Waals surface area contributed by atoms with Crippen molar-refractivity contribution in [2.45, 2.75) is 6.54 Å². The van der Waals surface area contributed by atoms with E-state index in [0.29, 0.717) is 0 Å². The van der Waals surface area contributed by atoms with E-state index in [9.17, 15) is 22.0 Å². The van der Waals surface area contributed by atoms with E-state index in [4.69, 9.17) is 0 Å². The van der Waals surface area contributed by atoms with Gasteiger partial charge in [-0.3, -0.25) is 4.68 Å². The molecule has 1 aromatic heterocycles. The molecule has 0 radical (unpaired) electrons. The first-order valence-corrected chi connectivity index (χ1v) is 8.56. The Morgan fingerprint density at radius 1 is 1.30 bits per heavy atom. The maximum absolute atomic E-state index is 14.0. The molecule has 0 spiro atoms. The minimum atomic E-state index is -3.30. The Hall–Kier alpha value is -2.29. The van der Waals surface area contributed by atoms with Crippen molar-refractivity contribution in [1.29, 1.82) is 0 Å². The lowest BCUT2D eigenvalue weighted by atomic mass is 10.1. The first-order valence-electron chi connectivity index (χ1n) is 6.50. The van der Waals surface area contributed by atoms with Crippen LogP contribution in [0.1, 0.15) is 10.5 Å². The van der Waals surface area contributed by atoms with Crippen molar-refractivity contribution in [3.8, 4) is 11.3 Å². The van der Waals surface area contributed by atoms with Crippen LogP contribution in [0.5, 0.6) is 0 Å². The summed E-state index contributed by atoms with van der Waals surface area (Å²) in [6.07, 6.45) is 1.04. The number of aromatic nitrogens is 2. The molecule has 23 heavy (non-hydrogen) atoms. The first kappa shape index (κ1) is 17.1. The Morgan fingerprint density at radius 3 is 2.61 bits per heavy atom.